The molecule has 0 unspecified atom stereocenters. The maximum absolute atomic E-state index is 6.13. The molecule has 0 amide bonds. The van der Waals surface area contributed by atoms with Gasteiger partial charge in [-0.15, -0.1) is 24.0 Å². The topological polar surface area (TPSA) is 68.9 Å². The number of aryl methyl sites for hydroxylation is 2. The second kappa shape index (κ2) is 9.49. The fraction of sp³-hybridized carbons (Fsp3) is 0.409. The fourth-order valence-electron chi connectivity index (χ4n) is 3.47. The van der Waals surface area contributed by atoms with Crippen LogP contribution in [-0.2, 0) is 18.3 Å². The van der Waals surface area contributed by atoms with Crippen LogP contribution in [0.5, 0.6) is 11.5 Å². The van der Waals surface area contributed by atoms with E-state index in [9.17, 15) is 0 Å². The number of methoxy groups -OCH3 is 2. The van der Waals surface area contributed by atoms with Crippen molar-refractivity contribution in [1.82, 2.24) is 0 Å². The standard InChI is InChI=1S/C22H29N3O2.HI/c1-22(2,17-9-11-19(26-3)20(13-17)27-4)14-24-21(23)25-18-10-8-15-6-5-7-16(15)12-18;/h8-13H,5-7,14H2,1-4H3,(H3,23,24,25);1H. The van der Waals surface area contributed by atoms with Crippen molar-refractivity contribution >= 4 is 35.6 Å². The minimum absolute atomic E-state index is 0. The van der Waals surface area contributed by atoms with Gasteiger partial charge in [-0.25, -0.2) is 0 Å². The first-order chi connectivity index (χ1) is 12.9. The van der Waals surface area contributed by atoms with Gasteiger partial charge >= 0.3 is 0 Å². The Hall–Kier alpha value is -1.96. The summed E-state index contributed by atoms with van der Waals surface area (Å²) in [5, 5.41) is 3.22. The fourth-order valence-corrected chi connectivity index (χ4v) is 3.47. The van der Waals surface area contributed by atoms with Crippen LogP contribution in [0.3, 0.4) is 0 Å². The highest BCUT2D eigenvalue weighted by Gasteiger charge is 2.22. The van der Waals surface area contributed by atoms with E-state index in [4.69, 9.17) is 15.2 Å². The number of benzene rings is 2. The summed E-state index contributed by atoms with van der Waals surface area (Å²) in [7, 11) is 3.28. The number of hydrogen-bond donors (Lipinski definition) is 2. The smallest absolute Gasteiger partial charge is 0.193 e. The van der Waals surface area contributed by atoms with Crippen molar-refractivity contribution < 1.29 is 9.47 Å². The van der Waals surface area contributed by atoms with E-state index in [0.29, 0.717) is 12.5 Å². The number of guanidine groups is 1. The highest BCUT2D eigenvalue weighted by Crippen LogP contribution is 2.33. The van der Waals surface area contributed by atoms with Gasteiger partial charge in [-0.3, -0.25) is 4.99 Å². The Morgan fingerprint density at radius 1 is 1.04 bits per heavy atom. The summed E-state index contributed by atoms with van der Waals surface area (Å²) in [6.07, 6.45) is 3.56. The molecule has 1 aliphatic rings. The Labute approximate surface area is 184 Å². The van der Waals surface area contributed by atoms with Gasteiger partial charge in [0.15, 0.2) is 17.5 Å². The van der Waals surface area contributed by atoms with Crippen LogP contribution in [0.15, 0.2) is 41.4 Å². The number of hydrogen-bond acceptors (Lipinski definition) is 3. The molecule has 0 aliphatic heterocycles. The lowest BCUT2D eigenvalue weighted by Gasteiger charge is -2.24. The first-order valence-electron chi connectivity index (χ1n) is 9.34. The van der Waals surface area contributed by atoms with Gasteiger partial charge in [-0.2, -0.15) is 0 Å². The van der Waals surface area contributed by atoms with E-state index in [1.165, 1.54) is 24.0 Å². The molecular weight excluding hydrogens is 465 g/mol. The zero-order valence-electron chi connectivity index (χ0n) is 17.0. The molecular formula is C22H30IN3O2. The van der Waals surface area contributed by atoms with Crippen LogP contribution in [-0.4, -0.2) is 26.7 Å². The van der Waals surface area contributed by atoms with Crippen molar-refractivity contribution in [3.8, 4) is 11.5 Å². The molecule has 5 nitrogen and oxygen atoms in total. The lowest BCUT2D eigenvalue weighted by atomic mass is 9.84. The molecule has 3 rings (SSSR count). The van der Waals surface area contributed by atoms with Crippen LogP contribution in [0.4, 0.5) is 5.69 Å². The first-order valence-corrected chi connectivity index (χ1v) is 9.34. The molecule has 1 aliphatic carbocycles. The van der Waals surface area contributed by atoms with E-state index in [2.05, 4.69) is 42.4 Å². The van der Waals surface area contributed by atoms with Crippen LogP contribution < -0.4 is 20.5 Å². The molecule has 2 aromatic rings. The Kier molecular flexibility index (Phi) is 7.57. The van der Waals surface area contributed by atoms with Crippen LogP contribution >= 0.6 is 24.0 Å². The Bertz CT molecular complexity index is 850. The van der Waals surface area contributed by atoms with Crippen molar-refractivity contribution in [3.05, 3.63) is 53.1 Å². The lowest BCUT2D eigenvalue weighted by molar-refractivity contribution is 0.353. The number of nitrogens with two attached hydrogens (primary N) is 1. The summed E-state index contributed by atoms with van der Waals surface area (Å²) in [5.74, 6) is 1.87. The van der Waals surface area contributed by atoms with Gasteiger partial charge in [0.05, 0.1) is 20.8 Å². The molecule has 0 saturated carbocycles. The van der Waals surface area contributed by atoms with Gasteiger partial charge < -0.3 is 20.5 Å². The number of nitrogens with one attached hydrogen (secondary N) is 1. The number of ether oxygens (including phenoxy) is 2. The lowest BCUT2D eigenvalue weighted by Crippen LogP contribution is -2.27. The van der Waals surface area contributed by atoms with Gasteiger partial charge in [0.25, 0.3) is 0 Å². The molecule has 0 radical (unpaired) electrons. The molecule has 3 N–H and O–H groups in total. The Morgan fingerprint density at radius 3 is 2.46 bits per heavy atom. The van der Waals surface area contributed by atoms with Crippen molar-refractivity contribution in [3.63, 3.8) is 0 Å². The number of rotatable bonds is 6. The SMILES string of the molecule is COc1ccc(C(C)(C)CN=C(N)Nc2ccc3c(c2)CCC3)cc1OC.I. The van der Waals surface area contributed by atoms with Crippen LogP contribution in [0, 0.1) is 0 Å². The molecule has 0 spiro atoms. The minimum atomic E-state index is -0.191. The highest BCUT2D eigenvalue weighted by atomic mass is 127. The summed E-state index contributed by atoms with van der Waals surface area (Å²) < 4.78 is 10.7. The average molecular weight is 495 g/mol. The van der Waals surface area contributed by atoms with Gasteiger partial charge in [0.2, 0.25) is 0 Å². The first kappa shape index (κ1) is 22.3. The molecule has 6 heteroatoms. The summed E-state index contributed by atoms with van der Waals surface area (Å²) in [5.41, 5.74) is 10.9. The molecule has 28 heavy (non-hydrogen) atoms. The number of fused-ring (bicyclic) bond motifs is 1. The highest BCUT2D eigenvalue weighted by molar-refractivity contribution is 14.0. The molecule has 2 aromatic carbocycles. The second-order valence-electron chi connectivity index (χ2n) is 7.62. The largest absolute Gasteiger partial charge is 0.493 e. The molecule has 0 atom stereocenters. The predicted molar refractivity (Wildman–Crippen MR) is 127 cm³/mol. The molecule has 152 valence electrons. The molecule has 0 aromatic heterocycles. The average Bonchev–Trinajstić information content (AvgIpc) is 3.13. The minimum Gasteiger partial charge on any atom is -0.493 e. The maximum Gasteiger partial charge on any atom is 0.193 e. The molecule has 0 fully saturated rings. The van der Waals surface area contributed by atoms with Crippen LogP contribution in [0.25, 0.3) is 0 Å². The van der Waals surface area contributed by atoms with E-state index in [1.807, 2.05) is 18.2 Å². The monoisotopic (exact) mass is 495 g/mol. The zero-order chi connectivity index (χ0) is 19.4. The van der Waals surface area contributed by atoms with Gasteiger partial charge in [-0.05, 0) is 60.2 Å². The summed E-state index contributed by atoms with van der Waals surface area (Å²) in [6.45, 7) is 4.84. The van der Waals surface area contributed by atoms with E-state index in [1.54, 1.807) is 14.2 Å². The van der Waals surface area contributed by atoms with Gasteiger partial charge in [-0.1, -0.05) is 26.0 Å². The quantitative estimate of drug-likeness (QED) is 0.352. The summed E-state index contributed by atoms with van der Waals surface area (Å²) >= 11 is 0. The van der Waals surface area contributed by atoms with Crippen LogP contribution in [0.1, 0.15) is 37.0 Å². The summed E-state index contributed by atoms with van der Waals surface area (Å²) in [4.78, 5) is 4.57. The van der Waals surface area contributed by atoms with Crippen molar-refractivity contribution in [2.75, 3.05) is 26.1 Å². The zero-order valence-corrected chi connectivity index (χ0v) is 19.4. The van der Waals surface area contributed by atoms with Gasteiger partial charge in [0.1, 0.15) is 0 Å². The molecule has 0 saturated heterocycles. The number of nitrogens with zero attached hydrogens (tertiary/aromatic N) is 1. The van der Waals surface area contributed by atoms with E-state index in [-0.39, 0.29) is 29.4 Å². The van der Waals surface area contributed by atoms with Crippen molar-refractivity contribution in [2.45, 2.75) is 38.5 Å². The molecule has 0 bridgehead atoms. The van der Waals surface area contributed by atoms with E-state index in [0.717, 1.165) is 29.2 Å². The third-order valence-corrected chi connectivity index (χ3v) is 5.18. The van der Waals surface area contributed by atoms with Gasteiger partial charge in [0, 0.05) is 11.1 Å². The third-order valence-electron chi connectivity index (χ3n) is 5.18. The number of halogens is 1. The van der Waals surface area contributed by atoms with E-state index >= 15 is 0 Å². The Morgan fingerprint density at radius 2 is 1.75 bits per heavy atom. The number of anilines is 1. The second-order valence-corrected chi connectivity index (χ2v) is 7.62. The predicted octanol–water partition coefficient (Wildman–Crippen LogP) is 4.51. The van der Waals surface area contributed by atoms with Crippen LogP contribution in [0.2, 0.25) is 0 Å². The third kappa shape index (κ3) is 5.10. The normalized spacial score (nSPS) is 13.5. The maximum atomic E-state index is 6.13. The summed E-state index contributed by atoms with van der Waals surface area (Å²) in [6, 6.07) is 12.4. The number of aliphatic imine (C=N–C) groups is 1. The van der Waals surface area contributed by atoms with Crippen molar-refractivity contribution in [2.24, 2.45) is 10.7 Å². The van der Waals surface area contributed by atoms with Crippen molar-refractivity contribution in [1.29, 1.82) is 0 Å². The molecule has 0 heterocycles. The Balaban J connectivity index is 0.00000280. The van der Waals surface area contributed by atoms with E-state index < -0.39 is 0 Å².